The van der Waals surface area contributed by atoms with Crippen molar-refractivity contribution >= 4 is 40.6 Å². The largest absolute Gasteiger partial charge is 0.389 e. The van der Waals surface area contributed by atoms with Crippen LogP contribution in [0.4, 0.5) is 5.69 Å². The van der Waals surface area contributed by atoms with Crippen LogP contribution in [-0.4, -0.2) is 49.2 Å². The van der Waals surface area contributed by atoms with Crippen LogP contribution in [0.25, 0.3) is 0 Å². The van der Waals surface area contributed by atoms with Gasteiger partial charge in [0.25, 0.3) is 0 Å². The quantitative estimate of drug-likeness (QED) is 0.643. The van der Waals surface area contributed by atoms with Gasteiger partial charge in [0.15, 0.2) is 0 Å². The maximum Gasteiger partial charge on any atom is 0.241 e. The van der Waals surface area contributed by atoms with Gasteiger partial charge >= 0.3 is 0 Å². The average Bonchev–Trinajstić information content (AvgIpc) is 2.38. The zero-order valence-corrected chi connectivity index (χ0v) is 14.0. The molecule has 0 bridgehead atoms. The van der Waals surface area contributed by atoms with E-state index in [1.54, 1.807) is 30.8 Å². The third-order valence-electron chi connectivity index (χ3n) is 2.83. The number of thiocarbonyl (C=S) groups is 1. The second-order valence-corrected chi connectivity index (χ2v) is 6.34. The molecule has 0 atom stereocenters. The molecule has 0 saturated carbocycles. The van der Waals surface area contributed by atoms with Crippen molar-refractivity contribution in [1.29, 1.82) is 0 Å². The van der Waals surface area contributed by atoms with Gasteiger partial charge in [-0.05, 0) is 17.9 Å². The Kier molecular flexibility index (Phi) is 6.29. The number of benzene rings is 1. The van der Waals surface area contributed by atoms with Crippen molar-refractivity contribution in [2.45, 2.75) is 11.8 Å². The van der Waals surface area contributed by atoms with Crippen molar-refractivity contribution in [1.82, 2.24) is 4.90 Å². The Labute approximate surface area is 130 Å². The monoisotopic (exact) mass is 311 g/mol. The lowest BCUT2D eigenvalue weighted by Crippen LogP contribution is -2.35. The van der Waals surface area contributed by atoms with Crippen molar-refractivity contribution in [2.75, 3.05) is 38.3 Å². The van der Waals surface area contributed by atoms with Gasteiger partial charge in [-0.1, -0.05) is 25.2 Å². The summed E-state index contributed by atoms with van der Waals surface area (Å²) in [6.07, 6.45) is 0. The lowest BCUT2D eigenvalue weighted by atomic mass is 10.1. The molecular weight excluding hydrogens is 290 g/mol. The van der Waals surface area contributed by atoms with Gasteiger partial charge < -0.3 is 15.5 Å². The highest BCUT2D eigenvalue weighted by Crippen LogP contribution is 2.30. The molecule has 0 saturated heterocycles. The Morgan fingerprint density at radius 2 is 2.00 bits per heavy atom. The summed E-state index contributed by atoms with van der Waals surface area (Å²) in [6, 6.07) is 5.91. The average molecular weight is 311 g/mol. The molecule has 0 aliphatic carbocycles. The molecule has 110 valence electrons. The molecule has 0 radical (unpaired) electrons. The van der Waals surface area contributed by atoms with E-state index in [-0.39, 0.29) is 5.91 Å². The number of rotatable bonds is 6. The highest BCUT2D eigenvalue weighted by molar-refractivity contribution is 7.99. The SMILES string of the molecule is CCSc1cccc(N(C)CC(=O)N(C)C)c1C(N)=S. The van der Waals surface area contributed by atoms with Crippen molar-refractivity contribution in [2.24, 2.45) is 5.73 Å². The van der Waals surface area contributed by atoms with Gasteiger partial charge in [-0.15, -0.1) is 11.8 Å². The smallest absolute Gasteiger partial charge is 0.241 e. The molecule has 0 heterocycles. The molecule has 0 aliphatic heterocycles. The van der Waals surface area contributed by atoms with Crippen LogP contribution in [0.15, 0.2) is 23.1 Å². The van der Waals surface area contributed by atoms with E-state index >= 15 is 0 Å². The molecule has 0 unspecified atom stereocenters. The van der Waals surface area contributed by atoms with Crippen LogP contribution in [0.5, 0.6) is 0 Å². The fraction of sp³-hybridized carbons (Fsp3) is 0.429. The number of anilines is 1. The van der Waals surface area contributed by atoms with Crippen LogP contribution < -0.4 is 10.6 Å². The first-order valence-electron chi connectivity index (χ1n) is 6.35. The number of amides is 1. The van der Waals surface area contributed by atoms with E-state index in [1.165, 1.54) is 0 Å². The summed E-state index contributed by atoms with van der Waals surface area (Å²) >= 11 is 6.88. The maximum atomic E-state index is 11.8. The van der Waals surface area contributed by atoms with Crippen molar-refractivity contribution in [3.05, 3.63) is 23.8 Å². The molecular formula is C14H21N3OS2. The molecule has 2 N–H and O–H groups in total. The van der Waals surface area contributed by atoms with E-state index < -0.39 is 0 Å². The van der Waals surface area contributed by atoms with Crippen LogP contribution >= 0.6 is 24.0 Å². The number of nitrogens with two attached hydrogens (primary N) is 1. The zero-order chi connectivity index (χ0) is 15.3. The lowest BCUT2D eigenvalue weighted by Gasteiger charge is -2.24. The third-order valence-corrected chi connectivity index (χ3v) is 3.98. The van der Waals surface area contributed by atoms with Gasteiger partial charge in [-0.25, -0.2) is 0 Å². The standard InChI is InChI=1S/C14H21N3OS2/c1-5-20-11-8-6-7-10(13(11)14(15)19)17(4)9-12(18)16(2)3/h6-8H,5,9H2,1-4H3,(H2,15,19). The van der Waals surface area contributed by atoms with Crippen LogP contribution in [0.2, 0.25) is 0 Å². The summed E-state index contributed by atoms with van der Waals surface area (Å²) in [5.74, 6) is 0.981. The minimum Gasteiger partial charge on any atom is -0.389 e. The first-order chi connectivity index (χ1) is 9.38. The van der Waals surface area contributed by atoms with Crippen molar-refractivity contribution in [3.63, 3.8) is 0 Å². The number of likely N-dealkylation sites (N-methyl/N-ethyl adjacent to an activating group) is 2. The number of nitrogens with zero attached hydrogens (tertiary/aromatic N) is 2. The normalized spacial score (nSPS) is 10.2. The zero-order valence-electron chi connectivity index (χ0n) is 12.3. The third kappa shape index (κ3) is 4.11. The second kappa shape index (κ2) is 7.50. The van der Waals surface area contributed by atoms with Crippen LogP contribution in [-0.2, 0) is 4.79 Å². The highest BCUT2D eigenvalue weighted by atomic mass is 32.2. The number of thioether (sulfide) groups is 1. The lowest BCUT2D eigenvalue weighted by molar-refractivity contribution is -0.127. The maximum absolute atomic E-state index is 11.8. The molecule has 0 aliphatic rings. The van der Waals surface area contributed by atoms with E-state index in [1.807, 2.05) is 30.1 Å². The highest BCUT2D eigenvalue weighted by Gasteiger charge is 2.16. The Hall–Kier alpha value is -1.27. The minimum atomic E-state index is 0.0370. The first kappa shape index (κ1) is 16.8. The van der Waals surface area contributed by atoms with Gasteiger partial charge in [-0.3, -0.25) is 4.79 Å². The molecule has 0 spiro atoms. The van der Waals surface area contributed by atoms with Crippen molar-refractivity contribution < 1.29 is 4.79 Å². The predicted octanol–water partition coefficient (Wildman–Crippen LogP) is 1.96. The summed E-state index contributed by atoms with van der Waals surface area (Å²) in [4.78, 5) is 16.7. The van der Waals surface area contributed by atoms with Gasteiger partial charge in [0.1, 0.15) is 4.99 Å². The molecule has 1 aromatic carbocycles. The predicted molar refractivity (Wildman–Crippen MR) is 90.7 cm³/mol. The van der Waals surface area contributed by atoms with Crippen molar-refractivity contribution in [3.8, 4) is 0 Å². The molecule has 1 rings (SSSR count). The number of carbonyl (C=O) groups excluding carboxylic acids is 1. The Morgan fingerprint density at radius 3 is 2.50 bits per heavy atom. The summed E-state index contributed by atoms with van der Waals surface area (Å²) in [7, 11) is 5.36. The summed E-state index contributed by atoms with van der Waals surface area (Å²) in [5, 5.41) is 0. The van der Waals surface area contributed by atoms with Gasteiger partial charge in [0.2, 0.25) is 5.91 Å². The summed E-state index contributed by atoms with van der Waals surface area (Å²) < 4.78 is 0. The van der Waals surface area contributed by atoms with E-state index in [0.717, 1.165) is 21.9 Å². The molecule has 20 heavy (non-hydrogen) atoms. The number of hydrogen-bond acceptors (Lipinski definition) is 4. The Bertz CT molecular complexity index is 503. The fourth-order valence-corrected chi connectivity index (χ4v) is 2.91. The summed E-state index contributed by atoms with van der Waals surface area (Å²) in [5.41, 5.74) is 7.62. The molecule has 1 amide bonds. The van der Waals surface area contributed by atoms with E-state index in [4.69, 9.17) is 18.0 Å². The van der Waals surface area contributed by atoms with Crippen LogP contribution in [0.3, 0.4) is 0 Å². The van der Waals surface area contributed by atoms with E-state index in [0.29, 0.717) is 11.5 Å². The topological polar surface area (TPSA) is 49.6 Å². The molecule has 4 nitrogen and oxygen atoms in total. The fourth-order valence-electron chi connectivity index (χ4n) is 1.79. The van der Waals surface area contributed by atoms with E-state index in [2.05, 4.69) is 6.92 Å². The molecule has 0 fully saturated rings. The second-order valence-electron chi connectivity index (χ2n) is 4.59. The first-order valence-corrected chi connectivity index (χ1v) is 7.74. The van der Waals surface area contributed by atoms with Crippen LogP contribution in [0, 0.1) is 0 Å². The molecule has 0 aromatic heterocycles. The van der Waals surface area contributed by atoms with E-state index in [9.17, 15) is 4.79 Å². The van der Waals surface area contributed by atoms with Gasteiger partial charge in [0, 0.05) is 37.3 Å². The Morgan fingerprint density at radius 1 is 1.35 bits per heavy atom. The summed E-state index contributed by atoms with van der Waals surface area (Å²) in [6.45, 7) is 2.38. The van der Waals surface area contributed by atoms with Gasteiger partial charge in [0.05, 0.1) is 6.54 Å². The Balaban J connectivity index is 3.13. The van der Waals surface area contributed by atoms with Crippen LogP contribution in [0.1, 0.15) is 12.5 Å². The molecule has 1 aromatic rings. The minimum absolute atomic E-state index is 0.0370. The number of hydrogen-bond donors (Lipinski definition) is 1. The van der Waals surface area contributed by atoms with Gasteiger partial charge in [-0.2, -0.15) is 0 Å². The molecule has 6 heteroatoms. The number of carbonyl (C=O) groups is 1.